The number of para-hydroxylation sites is 2. The number of aryl methyl sites for hydroxylation is 1. The SMILES string of the molecule is CC.Cc1ccnc(Cl)c1-c1nc2ccccc2n1COCCS(C)(C)C. The van der Waals surface area contributed by atoms with Crippen LogP contribution in [-0.4, -0.2) is 45.7 Å². The van der Waals surface area contributed by atoms with Gasteiger partial charge < -0.3 is 4.74 Å². The number of rotatable bonds is 6. The number of hydrogen-bond acceptors (Lipinski definition) is 3. The Kier molecular flexibility index (Phi) is 7.71. The van der Waals surface area contributed by atoms with Crippen LogP contribution in [-0.2, 0) is 11.5 Å². The molecule has 0 atom stereocenters. The van der Waals surface area contributed by atoms with Gasteiger partial charge in [-0.1, -0.05) is 37.6 Å². The first-order chi connectivity index (χ1) is 12.9. The molecule has 148 valence electrons. The van der Waals surface area contributed by atoms with E-state index in [2.05, 4.69) is 34.4 Å². The van der Waals surface area contributed by atoms with E-state index >= 15 is 0 Å². The quantitative estimate of drug-likeness (QED) is 0.385. The lowest BCUT2D eigenvalue weighted by Crippen LogP contribution is -2.11. The van der Waals surface area contributed by atoms with Gasteiger partial charge in [-0.3, -0.25) is 4.57 Å². The van der Waals surface area contributed by atoms with Gasteiger partial charge >= 0.3 is 0 Å². The number of aromatic nitrogens is 3. The number of ether oxygens (including phenoxy) is 1. The first-order valence-electron chi connectivity index (χ1n) is 9.17. The smallest absolute Gasteiger partial charge is 0.146 e. The van der Waals surface area contributed by atoms with Crippen LogP contribution in [0.5, 0.6) is 0 Å². The Balaban J connectivity index is 0.00000126. The van der Waals surface area contributed by atoms with Gasteiger partial charge in [0.1, 0.15) is 17.7 Å². The predicted molar refractivity (Wildman–Crippen MR) is 120 cm³/mol. The summed E-state index contributed by atoms with van der Waals surface area (Å²) in [6, 6.07) is 10.0. The zero-order valence-electron chi connectivity index (χ0n) is 17.1. The van der Waals surface area contributed by atoms with E-state index in [0.29, 0.717) is 11.9 Å². The zero-order valence-corrected chi connectivity index (χ0v) is 18.7. The minimum absolute atomic E-state index is 0.454. The number of imidazole rings is 1. The monoisotopic (exact) mass is 407 g/mol. The summed E-state index contributed by atoms with van der Waals surface area (Å²) >= 11 is 6.38. The van der Waals surface area contributed by atoms with Crippen LogP contribution in [0.2, 0.25) is 5.15 Å². The molecule has 0 N–H and O–H groups in total. The van der Waals surface area contributed by atoms with Crippen LogP contribution in [0.1, 0.15) is 19.4 Å². The van der Waals surface area contributed by atoms with Crippen molar-refractivity contribution in [3.05, 3.63) is 47.2 Å². The minimum atomic E-state index is -0.564. The van der Waals surface area contributed by atoms with Gasteiger partial charge in [0.2, 0.25) is 0 Å². The van der Waals surface area contributed by atoms with E-state index in [0.717, 1.165) is 40.3 Å². The molecular formula is C21H30ClN3OS. The topological polar surface area (TPSA) is 39.9 Å². The van der Waals surface area contributed by atoms with Crippen molar-refractivity contribution in [3.8, 4) is 11.4 Å². The summed E-state index contributed by atoms with van der Waals surface area (Å²) in [6.07, 6.45) is 8.62. The van der Waals surface area contributed by atoms with Crippen LogP contribution in [0.25, 0.3) is 22.4 Å². The fraction of sp³-hybridized carbons (Fsp3) is 0.429. The fourth-order valence-electron chi connectivity index (χ4n) is 2.66. The van der Waals surface area contributed by atoms with Crippen molar-refractivity contribution < 1.29 is 4.74 Å². The summed E-state index contributed by atoms with van der Waals surface area (Å²) in [5, 5.41) is 0.468. The molecule has 3 aromatic rings. The number of halogens is 1. The maximum absolute atomic E-state index is 6.38. The molecule has 0 spiro atoms. The number of hydrogen-bond donors (Lipinski definition) is 0. The molecule has 1 aromatic carbocycles. The second kappa shape index (κ2) is 9.58. The average molecular weight is 408 g/mol. The first-order valence-corrected chi connectivity index (χ1v) is 12.6. The molecule has 27 heavy (non-hydrogen) atoms. The largest absolute Gasteiger partial charge is 0.360 e. The minimum Gasteiger partial charge on any atom is -0.360 e. The van der Waals surface area contributed by atoms with Crippen LogP contribution in [0.3, 0.4) is 0 Å². The van der Waals surface area contributed by atoms with Crippen LogP contribution < -0.4 is 0 Å². The zero-order chi connectivity index (χ0) is 20.0. The lowest BCUT2D eigenvalue weighted by atomic mass is 10.1. The van der Waals surface area contributed by atoms with Crippen molar-refractivity contribution in [3.63, 3.8) is 0 Å². The van der Waals surface area contributed by atoms with Crippen molar-refractivity contribution in [2.75, 3.05) is 31.1 Å². The number of pyridine rings is 1. The van der Waals surface area contributed by atoms with Gasteiger partial charge in [0.15, 0.2) is 0 Å². The molecule has 3 rings (SSSR count). The van der Waals surface area contributed by atoms with Gasteiger partial charge in [0.25, 0.3) is 0 Å². The lowest BCUT2D eigenvalue weighted by molar-refractivity contribution is 0.0934. The number of fused-ring (bicyclic) bond motifs is 1. The molecule has 0 fully saturated rings. The Morgan fingerprint density at radius 1 is 1.11 bits per heavy atom. The van der Waals surface area contributed by atoms with E-state index in [9.17, 15) is 0 Å². The molecule has 2 aromatic heterocycles. The van der Waals surface area contributed by atoms with Crippen molar-refractivity contribution in [1.29, 1.82) is 0 Å². The Labute approximate surface area is 169 Å². The van der Waals surface area contributed by atoms with Crippen molar-refractivity contribution in [2.45, 2.75) is 27.5 Å². The molecule has 0 amide bonds. The highest BCUT2D eigenvalue weighted by atomic mass is 35.5. The third-order valence-electron chi connectivity index (χ3n) is 4.05. The summed E-state index contributed by atoms with van der Waals surface area (Å²) in [5.41, 5.74) is 3.89. The van der Waals surface area contributed by atoms with E-state index < -0.39 is 10.0 Å². The highest BCUT2D eigenvalue weighted by Crippen LogP contribution is 2.34. The van der Waals surface area contributed by atoms with E-state index in [-0.39, 0.29) is 0 Å². The van der Waals surface area contributed by atoms with Crippen LogP contribution in [0.4, 0.5) is 0 Å². The van der Waals surface area contributed by atoms with Gasteiger partial charge in [0, 0.05) is 11.9 Å². The highest BCUT2D eigenvalue weighted by molar-refractivity contribution is 8.32. The van der Waals surface area contributed by atoms with Gasteiger partial charge in [0.05, 0.1) is 23.2 Å². The van der Waals surface area contributed by atoms with Gasteiger partial charge in [-0.25, -0.2) is 20.0 Å². The first kappa shape index (κ1) is 21.7. The second-order valence-electron chi connectivity index (χ2n) is 6.98. The molecule has 2 heterocycles. The molecule has 0 bridgehead atoms. The van der Waals surface area contributed by atoms with Crippen molar-refractivity contribution in [2.24, 2.45) is 0 Å². The Bertz CT molecular complexity index is 867. The molecule has 0 aliphatic heterocycles. The molecule has 0 saturated carbocycles. The van der Waals surface area contributed by atoms with E-state index in [1.54, 1.807) is 6.20 Å². The van der Waals surface area contributed by atoms with E-state index in [4.69, 9.17) is 21.3 Å². The molecule has 0 radical (unpaired) electrons. The predicted octanol–water partition coefficient (Wildman–Crippen LogP) is 5.75. The van der Waals surface area contributed by atoms with E-state index in [1.807, 2.05) is 45.0 Å². The number of nitrogens with zero attached hydrogens (tertiary/aromatic N) is 3. The third kappa shape index (κ3) is 5.47. The molecule has 6 heteroatoms. The number of benzene rings is 1. The average Bonchev–Trinajstić information content (AvgIpc) is 2.98. The molecule has 0 aliphatic rings. The molecular weight excluding hydrogens is 378 g/mol. The fourth-order valence-corrected chi connectivity index (χ4v) is 3.56. The van der Waals surface area contributed by atoms with Gasteiger partial charge in [-0.05, 0) is 49.5 Å². The van der Waals surface area contributed by atoms with Crippen LogP contribution >= 0.6 is 21.6 Å². The highest BCUT2D eigenvalue weighted by Gasteiger charge is 2.17. The normalized spacial score (nSPS) is 12.0. The molecule has 4 nitrogen and oxygen atoms in total. The van der Waals surface area contributed by atoms with E-state index in [1.165, 1.54) is 0 Å². The summed E-state index contributed by atoms with van der Waals surface area (Å²) in [7, 11) is -0.564. The van der Waals surface area contributed by atoms with Crippen LogP contribution in [0, 0.1) is 6.92 Å². The Hall–Kier alpha value is -1.56. The summed E-state index contributed by atoms with van der Waals surface area (Å²) < 4.78 is 8.07. The maximum atomic E-state index is 6.38. The third-order valence-corrected chi connectivity index (χ3v) is 5.73. The summed E-state index contributed by atoms with van der Waals surface area (Å²) in [4.78, 5) is 9.03. The summed E-state index contributed by atoms with van der Waals surface area (Å²) in [6.45, 7) is 7.22. The van der Waals surface area contributed by atoms with Crippen LogP contribution in [0.15, 0.2) is 36.5 Å². The lowest BCUT2D eigenvalue weighted by Gasteiger charge is -2.24. The Morgan fingerprint density at radius 2 is 1.81 bits per heavy atom. The molecule has 0 aliphatic carbocycles. The van der Waals surface area contributed by atoms with Gasteiger partial charge in [-0.2, -0.15) is 0 Å². The maximum Gasteiger partial charge on any atom is 0.146 e. The Morgan fingerprint density at radius 3 is 2.48 bits per heavy atom. The standard InChI is InChI=1S/C19H24ClN3OS.C2H6/c1-14-9-10-21-18(20)17(14)19-22-15-7-5-6-8-16(15)23(19)13-24-11-12-25(2,3)4;1-2/h5-10H,11-13H2,1-4H3;1-2H3. The van der Waals surface area contributed by atoms with Gasteiger partial charge in [-0.15, -0.1) is 0 Å². The van der Waals surface area contributed by atoms with Crippen molar-refractivity contribution in [1.82, 2.24) is 14.5 Å². The molecule has 0 unspecified atom stereocenters. The summed E-state index contributed by atoms with van der Waals surface area (Å²) in [5.74, 6) is 1.89. The van der Waals surface area contributed by atoms with Crippen molar-refractivity contribution >= 4 is 32.7 Å². The molecule has 0 saturated heterocycles. The second-order valence-corrected chi connectivity index (χ2v) is 11.9.